The monoisotopic (exact) mass is 384 g/mol. The number of amides is 1. The summed E-state index contributed by atoms with van der Waals surface area (Å²) in [5.41, 5.74) is 4.88. The van der Waals surface area contributed by atoms with Crippen molar-refractivity contribution >= 4 is 23.4 Å². The first-order chi connectivity index (χ1) is 12.2. The van der Waals surface area contributed by atoms with Gasteiger partial charge in [0.2, 0.25) is 0 Å². The van der Waals surface area contributed by atoms with Crippen molar-refractivity contribution < 1.29 is 22.7 Å². The topological polar surface area (TPSA) is 64.3 Å². The minimum Gasteiger partial charge on any atom is -0.481 e. The number of thioether (sulfide) groups is 1. The molecule has 0 aliphatic carbocycles. The predicted molar refractivity (Wildman–Crippen MR) is 96.3 cm³/mol. The van der Waals surface area contributed by atoms with Crippen molar-refractivity contribution in [3.63, 3.8) is 0 Å². The molecule has 0 saturated heterocycles. The van der Waals surface area contributed by atoms with Crippen LogP contribution in [0.4, 0.5) is 18.9 Å². The lowest BCUT2D eigenvalue weighted by atomic mass is 10.1. The van der Waals surface area contributed by atoms with Gasteiger partial charge in [-0.2, -0.15) is 13.2 Å². The van der Waals surface area contributed by atoms with E-state index in [0.29, 0.717) is 5.75 Å². The standard InChI is InChI=1S/C18H19F3N2O2S/c1-11(25-15-3-5-16(26-2)6-4-15)17(24)23-14-8-12(10-22)7-13(9-14)18(19,20)21/h3-9,11H,10,22H2,1-2H3,(H,23,24). The molecule has 0 aliphatic rings. The number of nitrogens with one attached hydrogen (secondary N) is 1. The lowest BCUT2D eigenvalue weighted by Crippen LogP contribution is -2.30. The molecular formula is C18H19F3N2O2S. The molecule has 0 aromatic heterocycles. The van der Waals surface area contributed by atoms with Crippen LogP contribution in [0.25, 0.3) is 0 Å². The molecule has 140 valence electrons. The average molecular weight is 384 g/mol. The number of rotatable bonds is 6. The lowest BCUT2D eigenvalue weighted by molar-refractivity contribution is -0.137. The van der Waals surface area contributed by atoms with Gasteiger partial charge in [0.25, 0.3) is 5.91 Å². The number of ether oxygens (including phenoxy) is 1. The van der Waals surface area contributed by atoms with E-state index < -0.39 is 23.8 Å². The molecule has 3 N–H and O–H groups in total. The molecule has 1 unspecified atom stereocenters. The zero-order valence-corrected chi connectivity index (χ0v) is 15.1. The molecule has 0 fully saturated rings. The zero-order valence-electron chi connectivity index (χ0n) is 14.3. The van der Waals surface area contributed by atoms with Crippen LogP contribution in [0.3, 0.4) is 0 Å². The van der Waals surface area contributed by atoms with Crippen LogP contribution in [0, 0.1) is 0 Å². The van der Waals surface area contributed by atoms with Crippen LogP contribution in [0.5, 0.6) is 5.75 Å². The molecule has 0 heterocycles. The van der Waals surface area contributed by atoms with Gasteiger partial charge in [0.05, 0.1) is 5.56 Å². The summed E-state index contributed by atoms with van der Waals surface area (Å²) in [7, 11) is 0. The third-order valence-corrected chi connectivity index (χ3v) is 4.31. The van der Waals surface area contributed by atoms with Crippen LogP contribution >= 0.6 is 11.8 Å². The third-order valence-electron chi connectivity index (χ3n) is 3.56. The Bertz CT molecular complexity index is 764. The van der Waals surface area contributed by atoms with E-state index in [4.69, 9.17) is 10.5 Å². The van der Waals surface area contributed by atoms with Crippen molar-refractivity contribution in [2.24, 2.45) is 5.73 Å². The molecule has 1 atom stereocenters. The number of carbonyl (C=O) groups excluding carboxylic acids is 1. The van der Waals surface area contributed by atoms with E-state index in [-0.39, 0.29) is 17.8 Å². The van der Waals surface area contributed by atoms with Crippen LogP contribution in [-0.2, 0) is 17.5 Å². The average Bonchev–Trinajstić information content (AvgIpc) is 2.61. The van der Waals surface area contributed by atoms with Crippen molar-refractivity contribution in [3.8, 4) is 5.75 Å². The Labute approximate surface area is 153 Å². The Kier molecular flexibility index (Phi) is 6.55. The molecule has 0 bridgehead atoms. The van der Waals surface area contributed by atoms with Crippen LogP contribution in [-0.4, -0.2) is 18.3 Å². The molecule has 2 aromatic rings. The Morgan fingerprint density at radius 3 is 2.42 bits per heavy atom. The van der Waals surface area contributed by atoms with Gasteiger partial charge < -0.3 is 15.8 Å². The summed E-state index contributed by atoms with van der Waals surface area (Å²) in [6, 6.07) is 10.4. The van der Waals surface area contributed by atoms with Gasteiger partial charge in [-0.3, -0.25) is 4.79 Å². The third kappa shape index (κ3) is 5.40. The second-order valence-electron chi connectivity index (χ2n) is 5.55. The fraction of sp³-hybridized carbons (Fsp3) is 0.278. The van der Waals surface area contributed by atoms with E-state index in [0.717, 1.165) is 17.0 Å². The Morgan fingerprint density at radius 1 is 1.23 bits per heavy atom. The number of alkyl halides is 3. The van der Waals surface area contributed by atoms with E-state index in [1.165, 1.54) is 13.0 Å². The highest BCUT2D eigenvalue weighted by Crippen LogP contribution is 2.32. The van der Waals surface area contributed by atoms with Gasteiger partial charge in [-0.25, -0.2) is 0 Å². The number of carbonyl (C=O) groups is 1. The summed E-state index contributed by atoms with van der Waals surface area (Å²) in [5, 5.41) is 2.45. The van der Waals surface area contributed by atoms with E-state index >= 15 is 0 Å². The highest BCUT2D eigenvalue weighted by molar-refractivity contribution is 7.98. The molecule has 0 aliphatic heterocycles. The quantitative estimate of drug-likeness (QED) is 0.729. The van der Waals surface area contributed by atoms with Crippen LogP contribution < -0.4 is 15.8 Å². The van der Waals surface area contributed by atoms with E-state index in [2.05, 4.69) is 5.32 Å². The maximum atomic E-state index is 12.9. The number of halogens is 3. The largest absolute Gasteiger partial charge is 0.481 e. The zero-order chi connectivity index (χ0) is 19.3. The second-order valence-corrected chi connectivity index (χ2v) is 6.43. The fourth-order valence-corrected chi connectivity index (χ4v) is 2.61. The van der Waals surface area contributed by atoms with Crippen LogP contribution in [0.15, 0.2) is 47.4 Å². The molecule has 26 heavy (non-hydrogen) atoms. The number of hydrogen-bond acceptors (Lipinski definition) is 4. The summed E-state index contributed by atoms with van der Waals surface area (Å²) in [6.07, 6.45) is -3.46. The Balaban J connectivity index is 2.10. The molecule has 0 saturated carbocycles. The lowest BCUT2D eigenvalue weighted by Gasteiger charge is -2.16. The number of anilines is 1. The van der Waals surface area contributed by atoms with Crippen molar-refractivity contribution in [1.29, 1.82) is 0 Å². The first-order valence-electron chi connectivity index (χ1n) is 7.75. The Morgan fingerprint density at radius 2 is 1.88 bits per heavy atom. The van der Waals surface area contributed by atoms with E-state index in [9.17, 15) is 18.0 Å². The van der Waals surface area contributed by atoms with Crippen LogP contribution in [0.2, 0.25) is 0 Å². The first kappa shape index (κ1) is 20.1. The van der Waals surface area contributed by atoms with Crippen molar-refractivity contribution in [2.45, 2.75) is 30.6 Å². The molecule has 8 heteroatoms. The maximum absolute atomic E-state index is 12.9. The summed E-state index contributed by atoms with van der Waals surface area (Å²) < 4.78 is 44.4. The fourth-order valence-electron chi connectivity index (χ4n) is 2.20. The number of hydrogen-bond donors (Lipinski definition) is 2. The van der Waals surface area contributed by atoms with E-state index in [1.54, 1.807) is 23.9 Å². The van der Waals surface area contributed by atoms with Crippen molar-refractivity contribution in [2.75, 3.05) is 11.6 Å². The summed E-state index contributed by atoms with van der Waals surface area (Å²) in [5.74, 6) is -0.0571. The SMILES string of the molecule is CSc1ccc(OC(C)C(=O)Nc2cc(CN)cc(C(F)(F)F)c2)cc1. The highest BCUT2D eigenvalue weighted by atomic mass is 32.2. The van der Waals surface area contributed by atoms with Gasteiger partial charge in [-0.05, 0) is 61.2 Å². The minimum atomic E-state index is -4.52. The molecule has 4 nitrogen and oxygen atoms in total. The second kappa shape index (κ2) is 8.46. The van der Waals surface area contributed by atoms with Gasteiger partial charge in [0.1, 0.15) is 5.75 Å². The highest BCUT2D eigenvalue weighted by Gasteiger charge is 2.31. The van der Waals surface area contributed by atoms with Gasteiger partial charge in [-0.1, -0.05) is 0 Å². The molecule has 0 spiro atoms. The normalized spacial score (nSPS) is 12.5. The van der Waals surface area contributed by atoms with Crippen LogP contribution in [0.1, 0.15) is 18.1 Å². The summed E-state index contributed by atoms with van der Waals surface area (Å²) in [4.78, 5) is 13.3. The first-order valence-corrected chi connectivity index (χ1v) is 8.98. The smallest absolute Gasteiger partial charge is 0.416 e. The van der Waals surface area contributed by atoms with Crippen molar-refractivity contribution in [3.05, 3.63) is 53.6 Å². The molecule has 1 amide bonds. The van der Waals surface area contributed by atoms with Gasteiger partial charge in [0, 0.05) is 17.1 Å². The van der Waals surface area contributed by atoms with Gasteiger partial charge >= 0.3 is 6.18 Å². The maximum Gasteiger partial charge on any atom is 0.416 e. The minimum absolute atomic E-state index is 0.0263. The van der Waals surface area contributed by atoms with Crippen molar-refractivity contribution in [1.82, 2.24) is 0 Å². The molecule has 2 aromatic carbocycles. The summed E-state index contributed by atoms with van der Waals surface area (Å²) in [6.45, 7) is 1.45. The summed E-state index contributed by atoms with van der Waals surface area (Å²) >= 11 is 1.57. The Hall–Kier alpha value is -2.19. The molecule has 0 radical (unpaired) electrons. The predicted octanol–water partition coefficient (Wildman–Crippen LogP) is 4.29. The number of nitrogens with two attached hydrogens (primary N) is 1. The van der Waals surface area contributed by atoms with E-state index in [1.807, 2.05) is 18.4 Å². The molecule has 2 rings (SSSR count). The van der Waals surface area contributed by atoms with Gasteiger partial charge in [0.15, 0.2) is 6.10 Å². The number of benzene rings is 2. The molecular weight excluding hydrogens is 365 g/mol. The van der Waals surface area contributed by atoms with Gasteiger partial charge in [-0.15, -0.1) is 11.8 Å².